The Morgan fingerprint density at radius 1 is 1.18 bits per heavy atom. The highest BCUT2D eigenvalue weighted by atomic mass is 32.2. The molecule has 5 nitrogen and oxygen atoms in total. The summed E-state index contributed by atoms with van der Waals surface area (Å²) in [6.45, 7) is 0. The van der Waals surface area contributed by atoms with Gasteiger partial charge in [-0.15, -0.1) is 10.2 Å². The third-order valence-electron chi connectivity index (χ3n) is 5.26. The molecule has 0 bridgehead atoms. The Bertz CT molecular complexity index is 980. The molecule has 7 heteroatoms. The zero-order chi connectivity index (χ0) is 19.6. The van der Waals surface area contributed by atoms with Gasteiger partial charge in [0.15, 0.2) is 5.16 Å². The first-order chi connectivity index (χ1) is 13.6. The van der Waals surface area contributed by atoms with Crippen LogP contribution in [0.1, 0.15) is 31.2 Å². The van der Waals surface area contributed by atoms with Gasteiger partial charge in [0.2, 0.25) is 5.91 Å². The van der Waals surface area contributed by atoms with Crippen LogP contribution in [-0.4, -0.2) is 20.7 Å². The van der Waals surface area contributed by atoms with Crippen LogP contribution in [0.3, 0.4) is 0 Å². The van der Waals surface area contributed by atoms with Gasteiger partial charge in [-0.1, -0.05) is 25.0 Å². The molecule has 0 spiro atoms. The van der Waals surface area contributed by atoms with Gasteiger partial charge >= 0.3 is 0 Å². The molecule has 1 saturated carbocycles. The second-order valence-electron chi connectivity index (χ2n) is 7.10. The van der Waals surface area contributed by atoms with E-state index in [4.69, 9.17) is 0 Å². The normalized spacial score (nSPS) is 15.5. The SMILES string of the molecule is Cn1cnnc1Sc1ccc(NC(=O)C2(c3cccc(F)c3)CCCC2)cc1. The van der Waals surface area contributed by atoms with E-state index in [1.54, 1.807) is 12.4 Å². The van der Waals surface area contributed by atoms with E-state index in [0.717, 1.165) is 47.0 Å². The summed E-state index contributed by atoms with van der Waals surface area (Å²) >= 11 is 1.51. The van der Waals surface area contributed by atoms with E-state index in [1.165, 1.54) is 23.9 Å². The van der Waals surface area contributed by atoms with Gasteiger partial charge in [0.05, 0.1) is 5.41 Å². The summed E-state index contributed by atoms with van der Waals surface area (Å²) in [5.41, 5.74) is 0.834. The first-order valence-corrected chi connectivity index (χ1v) is 10.1. The maximum Gasteiger partial charge on any atom is 0.235 e. The number of nitrogens with one attached hydrogen (secondary N) is 1. The molecule has 28 heavy (non-hydrogen) atoms. The third kappa shape index (κ3) is 3.67. The van der Waals surface area contributed by atoms with Crippen molar-refractivity contribution in [1.29, 1.82) is 0 Å². The van der Waals surface area contributed by atoms with Crippen LogP contribution in [0.5, 0.6) is 0 Å². The van der Waals surface area contributed by atoms with E-state index >= 15 is 0 Å². The largest absolute Gasteiger partial charge is 0.325 e. The number of amides is 1. The fourth-order valence-corrected chi connectivity index (χ4v) is 4.50. The Morgan fingerprint density at radius 3 is 2.57 bits per heavy atom. The maximum atomic E-state index is 13.8. The van der Waals surface area contributed by atoms with Crippen molar-refractivity contribution in [3.8, 4) is 0 Å². The van der Waals surface area contributed by atoms with Crippen LogP contribution in [0.25, 0.3) is 0 Å². The molecule has 4 rings (SSSR count). The molecule has 1 heterocycles. The van der Waals surface area contributed by atoms with Crippen LogP contribution >= 0.6 is 11.8 Å². The zero-order valence-electron chi connectivity index (χ0n) is 15.6. The Morgan fingerprint density at radius 2 is 1.93 bits per heavy atom. The molecular formula is C21H21FN4OS. The van der Waals surface area contributed by atoms with Crippen LogP contribution in [-0.2, 0) is 17.3 Å². The summed E-state index contributed by atoms with van der Waals surface area (Å²) in [7, 11) is 1.89. The zero-order valence-corrected chi connectivity index (χ0v) is 16.4. The van der Waals surface area contributed by atoms with Crippen molar-refractivity contribution in [2.75, 3.05) is 5.32 Å². The number of aromatic nitrogens is 3. The molecule has 0 aliphatic heterocycles. The van der Waals surface area contributed by atoms with Crippen molar-refractivity contribution >= 4 is 23.4 Å². The summed E-state index contributed by atoms with van der Waals surface area (Å²) in [6, 6.07) is 14.1. The summed E-state index contributed by atoms with van der Waals surface area (Å²) in [6.07, 6.45) is 5.07. The van der Waals surface area contributed by atoms with Crippen LogP contribution in [0.15, 0.2) is 64.9 Å². The fraction of sp³-hybridized carbons (Fsp3) is 0.286. The van der Waals surface area contributed by atoms with Gasteiger partial charge in [-0.3, -0.25) is 4.79 Å². The molecule has 0 atom stereocenters. The number of aryl methyl sites for hydroxylation is 1. The molecule has 1 aliphatic carbocycles. The second kappa shape index (κ2) is 7.75. The molecule has 1 aromatic heterocycles. The van der Waals surface area contributed by atoms with Gasteiger partial charge in [0.1, 0.15) is 12.1 Å². The smallest absolute Gasteiger partial charge is 0.235 e. The van der Waals surface area contributed by atoms with Crippen molar-refractivity contribution < 1.29 is 9.18 Å². The lowest BCUT2D eigenvalue weighted by atomic mass is 9.78. The molecule has 1 aliphatic rings. The molecule has 1 N–H and O–H groups in total. The molecule has 0 unspecified atom stereocenters. The highest BCUT2D eigenvalue weighted by Gasteiger charge is 2.42. The number of nitrogens with zero attached hydrogens (tertiary/aromatic N) is 3. The standard InChI is InChI=1S/C21H21FN4OS/c1-26-14-23-25-20(26)28-18-9-7-17(8-10-18)24-19(27)21(11-2-3-12-21)15-5-4-6-16(22)13-15/h4-10,13-14H,2-3,11-12H2,1H3,(H,24,27). The van der Waals surface area contributed by atoms with Gasteiger partial charge in [-0.05, 0) is 66.6 Å². The highest BCUT2D eigenvalue weighted by Crippen LogP contribution is 2.42. The number of hydrogen-bond donors (Lipinski definition) is 1. The van der Waals surface area contributed by atoms with Crippen LogP contribution in [0, 0.1) is 5.82 Å². The van der Waals surface area contributed by atoms with Crippen LogP contribution < -0.4 is 5.32 Å². The fourth-order valence-electron chi connectivity index (χ4n) is 3.74. The lowest BCUT2D eigenvalue weighted by molar-refractivity contribution is -0.121. The van der Waals surface area contributed by atoms with E-state index < -0.39 is 5.41 Å². The molecule has 1 amide bonds. The maximum absolute atomic E-state index is 13.8. The molecule has 2 aromatic carbocycles. The number of carbonyl (C=O) groups excluding carboxylic acids is 1. The Kier molecular flexibility index (Phi) is 5.17. The Hall–Kier alpha value is -2.67. The van der Waals surface area contributed by atoms with Crippen molar-refractivity contribution in [3.05, 3.63) is 66.2 Å². The number of anilines is 1. The first-order valence-electron chi connectivity index (χ1n) is 9.26. The van der Waals surface area contributed by atoms with E-state index in [2.05, 4.69) is 15.5 Å². The van der Waals surface area contributed by atoms with Crippen molar-refractivity contribution in [3.63, 3.8) is 0 Å². The summed E-state index contributed by atoms with van der Waals surface area (Å²) in [5, 5.41) is 11.8. The van der Waals surface area contributed by atoms with E-state index in [9.17, 15) is 9.18 Å². The average molecular weight is 396 g/mol. The lowest BCUT2D eigenvalue weighted by Gasteiger charge is -2.28. The average Bonchev–Trinajstić information content (AvgIpc) is 3.34. The van der Waals surface area contributed by atoms with Crippen molar-refractivity contribution in [2.24, 2.45) is 7.05 Å². The third-order valence-corrected chi connectivity index (χ3v) is 6.32. The molecule has 0 radical (unpaired) electrons. The number of hydrogen-bond acceptors (Lipinski definition) is 4. The van der Waals surface area contributed by atoms with Gasteiger partial charge in [-0.25, -0.2) is 4.39 Å². The van der Waals surface area contributed by atoms with Gasteiger partial charge in [0, 0.05) is 17.6 Å². The summed E-state index contributed by atoms with van der Waals surface area (Å²) in [4.78, 5) is 14.2. The molecule has 1 fully saturated rings. The Balaban J connectivity index is 1.51. The second-order valence-corrected chi connectivity index (χ2v) is 8.15. The topological polar surface area (TPSA) is 59.8 Å². The molecular weight excluding hydrogens is 375 g/mol. The van der Waals surface area contributed by atoms with Crippen LogP contribution in [0.2, 0.25) is 0 Å². The molecule has 3 aromatic rings. The van der Waals surface area contributed by atoms with Crippen LogP contribution in [0.4, 0.5) is 10.1 Å². The van der Waals surface area contributed by atoms with E-state index in [-0.39, 0.29) is 11.7 Å². The monoisotopic (exact) mass is 396 g/mol. The minimum absolute atomic E-state index is 0.0655. The predicted octanol–water partition coefficient (Wildman–Crippen LogP) is 4.56. The summed E-state index contributed by atoms with van der Waals surface area (Å²) in [5.74, 6) is -0.369. The van der Waals surface area contributed by atoms with E-state index in [1.807, 2.05) is 41.9 Å². The first kappa shape index (κ1) is 18.7. The minimum Gasteiger partial charge on any atom is -0.325 e. The number of rotatable bonds is 5. The van der Waals surface area contributed by atoms with Gasteiger partial charge in [-0.2, -0.15) is 0 Å². The Labute approximate surface area is 167 Å². The quantitative estimate of drug-likeness (QED) is 0.687. The van der Waals surface area contributed by atoms with Gasteiger partial charge in [0.25, 0.3) is 0 Å². The van der Waals surface area contributed by atoms with E-state index in [0.29, 0.717) is 0 Å². The number of carbonyl (C=O) groups is 1. The lowest BCUT2D eigenvalue weighted by Crippen LogP contribution is -2.38. The molecule has 144 valence electrons. The number of benzene rings is 2. The van der Waals surface area contributed by atoms with Gasteiger partial charge < -0.3 is 9.88 Å². The number of halogens is 1. The predicted molar refractivity (Wildman–Crippen MR) is 107 cm³/mol. The summed E-state index contributed by atoms with van der Waals surface area (Å²) < 4.78 is 15.6. The van der Waals surface area contributed by atoms with Crippen molar-refractivity contribution in [1.82, 2.24) is 14.8 Å². The molecule has 0 saturated heterocycles. The highest BCUT2D eigenvalue weighted by molar-refractivity contribution is 7.99. The minimum atomic E-state index is -0.659. The van der Waals surface area contributed by atoms with Crippen molar-refractivity contribution in [2.45, 2.75) is 41.2 Å².